The molecule has 0 aliphatic carbocycles. The molecule has 0 aliphatic rings. The summed E-state index contributed by atoms with van der Waals surface area (Å²) in [6.07, 6.45) is 1.64. The normalized spacial score (nSPS) is 13.9. The van der Waals surface area contributed by atoms with Crippen molar-refractivity contribution >= 4 is 17.7 Å². The average Bonchev–Trinajstić information content (AvgIpc) is 3.50. The first kappa shape index (κ1) is 32.9. The number of nitrogens with one attached hydrogen (secondary N) is 4. The molecule has 0 aliphatic heterocycles. The van der Waals surface area contributed by atoms with E-state index in [1.165, 1.54) is 12.1 Å². The van der Waals surface area contributed by atoms with Gasteiger partial charge in [-0.25, -0.2) is 4.39 Å². The number of benzene rings is 2. The quantitative estimate of drug-likeness (QED) is 0.164. The Hall–Kier alpha value is -4.65. The summed E-state index contributed by atoms with van der Waals surface area (Å²) in [6.45, 7) is 5.64. The van der Waals surface area contributed by atoms with Gasteiger partial charge in [0, 0.05) is 12.8 Å². The van der Waals surface area contributed by atoms with Crippen LogP contribution in [0.15, 0.2) is 66.5 Å². The van der Waals surface area contributed by atoms with Crippen LogP contribution in [0.2, 0.25) is 0 Å². The number of aromatic hydroxyl groups is 1. The van der Waals surface area contributed by atoms with Gasteiger partial charge in [-0.3, -0.25) is 14.4 Å². The van der Waals surface area contributed by atoms with Gasteiger partial charge in [0.15, 0.2) is 5.82 Å². The predicted octanol–water partition coefficient (Wildman–Crippen LogP) is 2.16. The number of halogens is 1. The number of rotatable bonds is 14. The Kier molecular flexibility index (Phi) is 11.9. The maximum Gasteiger partial charge on any atom is 0.243 e. The molecule has 3 rings (SSSR count). The second-order valence-electron chi connectivity index (χ2n) is 11.5. The Balaban J connectivity index is 1.58. The van der Waals surface area contributed by atoms with Crippen LogP contribution in [0.25, 0.3) is 0 Å². The number of carbonyl (C=O) groups is 3. The molecular formula is C30H39FN8O4. The SMILES string of the molecule is CC(C)(C)CC(NC(=O)C(Cc1ccccc1)NC(=O)CNC(=O)CC=C(F)C(N)Cc1ccc(O)cc1)c1nn[nH]n1. The van der Waals surface area contributed by atoms with Crippen molar-refractivity contribution in [3.8, 4) is 5.75 Å². The van der Waals surface area contributed by atoms with Crippen molar-refractivity contribution < 1.29 is 23.9 Å². The van der Waals surface area contributed by atoms with Crippen LogP contribution in [-0.4, -0.2) is 62.1 Å². The second-order valence-corrected chi connectivity index (χ2v) is 11.5. The molecule has 3 aromatic rings. The number of nitrogens with two attached hydrogens (primary N) is 1. The van der Waals surface area contributed by atoms with Gasteiger partial charge in [0.2, 0.25) is 17.7 Å². The molecule has 1 aromatic heterocycles. The maximum absolute atomic E-state index is 14.5. The molecule has 0 fully saturated rings. The fraction of sp³-hybridized carbons (Fsp3) is 0.400. The third kappa shape index (κ3) is 11.6. The molecule has 0 bridgehead atoms. The molecule has 43 heavy (non-hydrogen) atoms. The first-order valence-electron chi connectivity index (χ1n) is 13.9. The van der Waals surface area contributed by atoms with Crippen LogP contribution in [0.3, 0.4) is 0 Å². The molecule has 3 unspecified atom stereocenters. The summed E-state index contributed by atoms with van der Waals surface area (Å²) < 4.78 is 14.5. The monoisotopic (exact) mass is 594 g/mol. The first-order chi connectivity index (χ1) is 20.4. The topological polar surface area (TPSA) is 188 Å². The van der Waals surface area contributed by atoms with E-state index in [0.717, 1.165) is 17.2 Å². The Morgan fingerprint density at radius 2 is 1.67 bits per heavy atom. The number of phenols is 1. The molecule has 13 heteroatoms. The smallest absolute Gasteiger partial charge is 0.243 e. The summed E-state index contributed by atoms with van der Waals surface area (Å²) in [5, 5.41) is 31.5. The fourth-order valence-corrected chi connectivity index (χ4v) is 4.29. The van der Waals surface area contributed by atoms with Crippen LogP contribution in [0.4, 0.5) is 4.39 Å². The number of tetrazole rings is 1. The lowest BCUT2D eigenvalue weighted by Gasteiger charge is -2.27. The molecule has 230 valence electrons. The number of amides is 3. The minimum atomic E-state index is -0.965. The van der Waals surface area contributed by atoms with Crippen LogP contribution in [0.1, 0.15) is 56.6 Å². The number of phenolic OH excluding ortho intramolecular Hbond substituents is 1. The van der Waals surface area contributed by atoms with Gasteiger partial charge in [0.25, 0.3) is 0 Å². The largest absolute Gasteiger partial charge is 0.508 e. The molecule has 3 atom stereocenters. The van der Waals surface area contributed by atoms with E-state index in [1.807, 2.05) is 51.1 Å². The van der Waals surface area contributed by atoms with Crippen molar-refractivity contribution in [3.05, 3.63) is 83.5 Å². The summed E-state index contributed by atoms with van der Waals surface area (Å²) >= 11 is 0. The lowest BCUT2D eigenvalue weighted by atomic mass is 9.87. The van der Waals surface area contributed by atoms with Crippen molar-refractivity contribution in [1.29, 1.82) is 0 Å². The van der Waals surface area contributed by atoms with E-state index in [4.69, 9.17) is 5.73 Å². The van der Waals surface area contributed by atoms with Gasteiger partial charge in [-0.1, -0.05) is 68.4 Å². The summed E-state index contributed by atoms with van der Waals surface area (Å²) in [4.78, 5) is 38.5. The Morgan fingerprint density at radius 3 is 2.30 bits per heavy atom. The molecule has 0 radical (unpaired) electrons. The molecule has 2 aromatic carbocycles. The number of H-pyrrole nitrogens is 1. The van der Waals surface area contributed by atoms with Crippen molar-refractivity contribution in [2.45, 2.75) is 64.6 Å². The Bertz CT molecular complexity index is 1360. The van der Waals surface area contributed by atoms with Gasteiger partial charge in [-0.2, -0.15) is 5.21 Å². The zero-order chi connectivity index (χ0) is 31.4. The van der Waals surface area contributed by atoms with Crippen molar-refractivity contribution in [1.82, 2.24) is 36.6 Å². The van der Waals surface area contributed by atoms with E-state index in [9.17, 15) is 23.9 Å². The van der Waals surface area contributed by atoms with E-state index < -0.39 is 48.2 Å². The number of hydrogen-bond donors (Lipinski definition) is 6. The van der Waals surface area contributed by atoms with Crippen LogP contribution >= 0.6 is 0 Å². The third-order valence-corrected chi connectivity index (χ3v) is 6.42. The fourth-order valence-electron chi connectivity index (χ4n) is 4.29. The van der Waals surface area contributed by atoms with Gasteiger partial charge in [-0.15, -0.1) is 10.2 Å². The summed E-state index contributed by atoms with van der Waals surface area (Å²) in [6, 6.07) is 12.9. The molecule has 7 N–H and O–H groups in total. The molecule has 0 spiro atoms. The summed E-state index contributed by atoms with van der Waals surface area (Å²) in [5.41, 5.74) is 7.26. The number of hydrogen-bond acceptors (Lipinski definition) is 8. The average molecular weight is 595 g/mol. The van der Waals surface area contributed by atoms with Crippen molar-refractivity contribution in [3.63, 3.8) is 0 Å². The number of nitrogens with zero attached hydrogens (tertiary/aromatic N) is 3. The highest BCUT2D eigenvalue weighted by Gasteiger charge is 2.29. The summed E-state index contributed by atoms with van der Waals surface area (Å²) in [7, 11) is 0. The van der Waals surface area contributed by atoms with E-state index in [-0.39, 0.29) is 30.4 Å². The first-order valence-corrected chi connectivity index (χ1v) is 13.9. The number of aromatic amines is 1. The third-order valence-electron chi connectivity index (χ3n) is 6.42. The zero-order valence-corrected chi connectivity index (χ0v) is 24.5. The standard InChI is InChI=1S/C30H39FN8O4/c1-30(2,3)17-25(28-36-38-39-37-28)35-29(43)24(16-19-7-5-4-6-8-19)34-27(42)18-33-26(41)14-13-22(31)23(32)15-20-9-11-21(40)12-10-20/h4-13,23-25,40H,14-18,32H2,1-3H3,(H,33,41)(H,34,42)(H,35,43)(H,36,37,38,39). The zero-order valence-electron chi connectivity index (χ0n) is 24.5. The number of carbonyl (C=O) groups excluding carboxylic acids is 3. The van der Waals surface area contributed by atoms with E-state index >= 15 is 0 Å². The lowest BCUT2D eigenvalue weighted by molar-refractivity contribution is -0.130. The van der Waals surface area contributed by atoms with Crippen molar-refractivity contribution in [2.24, 2.45) is 11.1 Å². The van der Waals surface area contributed by atoms with Crippen LogP contribution in [-0.2, 0) is 27.2 Å². The molecule has 0 saturated heterocycles. The minimum absolute atomic E-state index is 0.0923. The highest BCUT2D eigenvalue weighted by Crippen LogP contribution is 2.27. The molecule has 1 heterocycles. The number of aromatic nitrogens is 4. The Morgan fingerprint density at radius 1 is 1.00 bits per heavy atom. The lowest BCUT2D eigenvalue weighted by Crippen LogP contribution is -2.51. The molecular weight excluding hydrogens is 555 g/mol. The van der Waals surface area contributed by atoms with E-state index in [2.05, 4.69) is 36.6 Å². The van der Waals surface area contributed by atoms with Crippen LogP contribution in [0, 0.1) is 5.41 Å². The predicted molar refractivity (Wildman–Crippen MR) is 158 cm³/mol. The maximum atomic E-state index is 14.5. The van der Waals surface area contributed by atoms with Crippen LogP contribution in [0.5, 0.6) is 5.75 Å². The van der Waals surface area contributed by atoms with E-state index in [1.54, 1.807) is 12.1 Å². The molecule has 12 nitrogen and oxygen atoms in total. The second kappa shape index (κ2) is 15.5. The van der Waals surface area contributed by atoms with Gasteiger partial charge < -0.3 is 26.8 Å². The molecule has 3 amide bonds. The van der Waals surface area contributed by atoms with E-state index in [0.29, 0.717) is 12.2 Å². The van der Waals surface area contributed by atoms with Gasteiger partial charge in [-0.05, 0) is 47.6 Å². The highest BCUT2D eigenvalue weighted by molar-refractivity contribution is 5.90. The Labute approximate surface area is 249 Å². The van der Waals surface area contributed by atoms with Gasteiger partial charge in [0.05, 0.1) is 18.6 Å². The molecule has 0 saturated carbocycles. The summed E-state index contributed by atoms with van der Waals surface area (Å²) in [5.74, 6) is -1.88. The van der Waals surface area contributed by atoms with Gasteiger partial charge >= 0.3 is 0 Å². The highest BCUT2D eigenvalue weighted by atomic mass is 19.1. The van der Waals surface area contributed by atoms with Crippen LogP contribution < -0.4 is 21.7 Å². The minimum Gasteiger partial charge on any atom is -0.508 e. The van der Waals surface area contributed by atoms with Gasteiger partial charge in [0.1, 0.15) is 17.6 Å². The van der Waals surface area contributed by atoms with Crippen molar-refractivity contribution in [2.75, 3.05) is 6.54 Å².